The predicted octanol–water partition coefficient (Wildman–Crippen LogP) is 3.62. The average Bonchev–Trinajstić information content (AvgIpc) is 2.46. The van der Waals surface area contributed by atoms with Crippen molar-refractivity contribution in [2.24, 2.45) is 0 Å². The van der Waals surface area contributed by atoms with Crippen LogP contribution in [0.3, 0.4) is 0 Å². The Morgan fingerprint density at radius 1 is 1.05 bits per heavy atom. The van der Waals surface area contributed by atoms with Crippen molar-refractivity contribution < 1.29 is 13.2 Å². The van der Waals surface area contributed by atoms with E-state index in [1.807, 2.05) is 0 Å². The fourth-order valence-electron chi connectivity index (χ4n) is 2.66. The van der Waals surface area contributed by atoms with Gasteiger partial charge in [-0.1, -0.05) is 31.5 Å². The van der Waals surface area contributed by atoms with Crippen LogP contribution >= 0.6 is 0 Å². The number of unbranched alkanes of at least 4 members (excludes halogenated alkanes) is 1. The fourth-order valence-corrected chi connectivity index (χ4v) is 2.66. The molecule has 1 fully saturated rings. The minimum atomic E-state index is -4.26. The molecule has 0 aliphatic carbocycles. The molecule has 0 unspecified atom stereocenters. The first-order valence-corrected chi connectivity index (χ1v) is 7.60. The van der Waals surface area contributed by atoms with Gasteiger partial charge in [-0.3, -0.25) is 4.90 Å². The third-order valence-electron chi connectivity index (χ3n) is 3.95. The van der Waals surface area contributed by atoms with Crippen LogP contribution < -0.4 is 0 Å². The first-order chi connectivity index (χ1) is 9.99. The number of hydrogen-bond acceptors (Lipinski definition) is 2. The summed E-state index contributed by atoms with van der Waals surface area (Å²) >= 11 is 0. The Hall–Kier alpha value is -1.07. The molecule has 1 heterocycles. The van der Waals surface area contributed by atoms with Gasteiger partial charge in [0, 0.05) is 32.7 Å². The van der Waals surface area contributed by atoms with Crippen molar-refractivity contribution in [3.8, 4) is 0 Å². The molecule has 1 aliphatic rings. The summed E-state index contributed by atoms with van der Waals surface area (Å²) in [6.07, 6.45) is -1.84. The lowest BCUT2D eigenvalue weighted by molar-refractivity contribution is -0.137. The normalized spacial score (nSPS) is 18.1. The summed E-state index contributed by atoms with van der Waals surface area (Å²) in [4.78, 5) is 4.67. The van der Waals surface area contributed by atoms with Gasteiger partial charge in [0.25, 0.3) is 0 Å². The van der Waals surface area contributed by atoms with Crippen LogP contribution in [0.15, 0.2) is 24.3 Å². The van der Waals surface area contributed by atoms with Gasteiger partial charge in [-0.2, -0.15) is 13.2 Å². The number of alkyl halides is 3. The Morgan fingerprint density at radius 2 is 1.71 bits per heavy atom. The minimum Gasteiger partial charge on any atom is -0.301 e. The molecule has 0 bridgehead atoms. The smallest absolute Gasteiger partial charge is 0.301 e. The van der Waals surface area contributed by atoms with Crippen LogP contribution in [0.25, 0.3) is 0 Å². The van der Waals surface area contributed by atoms with Gasteiger partial charge in [0.15, 0.2) is 0 Å². The van der Waals surface area contributed by atoms with Crippen LogP contribution in [0.5, 0.6) is 0 Å². The summed E-state index contributed by atoms with van der Waals surface area (Å²) in [5, 5.41) is 0. The molecule has 21 heavy (non-hydrogen) atoms. The number of nitrogens with zero attached hydrogens (tertiary/aromatic N) is 2. The maximum Gasteiger partial charge on any atom is 0.416 e. The molecule has 1 aliphatic heterocycles. The Balaban J connectivity index is 1.86. The number of piperazine rings is 1. The van der Waals surface area contributed by atoms with Gasteiger partial charge >= 0.3 is 6.18 Å². The first-order valence-electron chi connectivity index (χ1n) is 7.60. The molecule has 0 radical (unpaired) electrons. The molecular weight excluding hydrogens is 277 g/mol. The second kappa shape index (κ2) is 7.27. The van der Waals surface area contributed by atoms with Gasteiger partial charge in [-0.25, -0.2) is 0 Å². The second-order valence-electron chi connectivity index (χ2n) is 5.67. The lowest BCUT2D eigenvalue weighted by atomic mass is 10.1. The van der Waals surface area contributed by atoms with Crippen molar-refractivity contribution in [3.05, 3.63) is 35.4 Å². The quantitative estimate of drug-likeness (QED) is 0.819. The van der Waals surface area contributed by atoms with Crippen molar-refractivity contribution in [1.29, 1.82) is 0 Å². The third kappa shape index (κ3) is 5.00. The van der Waals surface area contributed by atoms with E-state index in [0.717, 1.165) is 44.4 Å². The molecule has 0 amide bonds. The van der Waals surface area contributed by atoms with Gasteiger partial charge < -0.3 is 4.90 Å². The van der Waals surface area contributed by atoms with Crippen molar-refractivity contribution in [2.45, 2.75) is 32.5 Å². The highest BCUT2D eigenvalue weighted by atomic mass is 19.4. The Bertz CT molecular complexity index is 437. The zero-order valence-corrected chi connectivity index (χ0v) is 12.5. The van der Waals surface area contributed by atoms with Gasteiger partial charge in [-0.15, -0.1) is 0 Å². The van der Waals surface area contributed by atoms with Crippen LogP contribution in [-0.4, -0.2) is 42.5 Å². The fraction of sp³-hybridized carbons (Fsp3) is 0.625. The summed E-state index contributed by atoms with van der Waals surface area (Å²) in [6.45, 7) is 7.81. The zero-order chi connectivity index (χ0) is 15.3. The summed E-state index contributed by atoms with van der Waals surface area (Å²) < 4.78 is 38.1. The van der Waals surface area contributed by atoms with E-state index in [-0.39, 0.29) is 0 Å². The summed E-state index contributed by atoms with van der Waals surface area (Å²) in [5.74, 6) is 0. The second-order valence-corrected chi connectivity index (χ2v) is 5.67. The Morgan fingerprint density at radius 3 is 2.33 bits per heavy atom. The van der Waals surface area contributed by atoms with Crippen molar-refractivity contribution in [1.82, 2.24) is 9.80 Å². The molecule has 1 saturated heterocycles. The van der Waals surface area contributed by atoms with Crippen LogP contribution in [0.1, 0.15) is 30.9 Å². The van der Waals surface area contributed by atoms with E-state index < -0.39 is 11.7 Å². The van der Waals surface area contributed by atoms with Gasteiger partial charge in [0.05, 0.1) is 5.56 Å². The Kier molecular flexibility index (Phi) is 5.65. The topological polar surface area (TPSA) is 6.48 Å². The number of hydrogen-bond donors (Lipinski definition) is 0. The summed E-state index contributed by atoms with van der Waals surface area (Å²) in [6, 6.07) is 5.67. The van der Waals surface area contributed by atoms with Gasteiger partial charge in [-0.05, 0) is 24.6 Å². The van der Waals surface area contributed by atoms with E-state index in [9.17, 15) is 13.2 Å². The summed E-state index contributed by atoms with van der Waals surface area (Å²) in [5.41, 5.74) is 0.188. The number of halogens is 3. The maximum atomic E-state index is 12.7. The molecule has 1 aromatic rings. The van der Waals surface area contributed by atoms with Crippen molar-refractivity contribution >= 4 is 0 Å². The van der Waals surface area contributed by atoms with E-state index in [4.69, 9.17) is 0 Å². The molecule has 0 aromatic heterocycles. The molecule has 0 atom stereocenters. The van der Waals surface area contributed by atoms with Gasteiger partial charge in [0.2, 0.25) is 0 Å². The number of rotatable bonds is 5. The molecule has 118 valence electrons. The molecule has 2 rings (SSSR count). The van der Waals surface area contributed by atoms with Gasteiger partial charge in [0.1, 0.15) is 0 Å². The number of benzene rings is 1. The molecule has 1 aromatic carbocycles. The highest BCUT2D eigenvalue weighted by molar-refractivity contribution is 5.25. The average molecular weight is 300 g/mol. The third-order valence-corrected chi connectivity index (χ3v) is 3.95. The first kappa shape index (κ1) is 16.3. The summed E-state index contributed by atoms with van der Waals surface area (Å²) in [7, 11) is 0. The largest absolute Gasteiger partial charge is 0.416 e. The lowest BCUT2D eigenvalue weighted by Gasteiger charge is -2.34. The Labute approximate surface area is 124 Å². The van der Waals surface area contributed by atoms with E-state index in [2.05, 4.69) is 16.7 Å². The van der Waals surface area contributed by atoms with Crippen LogP contribution in [0.4, 0.5) is 13.2 Å². The highest BCUT2D eigenvalue weighted by Gasteiger charge is 2.30. The highest BCUT2D eigenvalue weighted by Crippen LogP contribution is 2.29. The van der Waals surface area contributed by atoms with Crippen molar-refractivity contribution in [3.63, 3.8) is 0 Å². The standard InChI is InChI=1S/C16H23F3N2/c1-2-3-7-20-8-10-21(11-9-20)13-14-5-4-6-15(12-14)16(17,18)19/h4-6,12H,2-3,7-11,13H2,1H3. The van der Waals surface area contributed by atoms with E-state index in [0.29, 0.717) is 6.54 Å². The minimum absolute atomic E-state index is 0.554. The van der Waals surface area contributed by atoms with E-state index in [1.54, 1.807) is 6.07 Å². The SMILES string of the molecule is CCCCN1CCN(Cc2cccc(C(F)(F)F)c2)CC1. The molecule has 0 N–H and O–H groups in total. The molecule has 0 saturated carbocycles. The molecule has 5 heteroatoms. The molecule has 0 spiro atoms. The van der Waals surface area contributed by atoms with Crippen molar-refractivity contribution in [2.75, 3.05) is 32.7 Å². The van der Waals surface area contributed by atoms with E-state index >= 15 is 0 Å². The van der Waals surface area contributed by atoms with Crippen LogP contribution in [0.2, 0.25) is 0 Å². The van der Waals surface area contributed by atoms with E-state index in [1.165, 1.54) is 25.0 Å². The molecule has 2 nitrogen and oxygen atoms in total. The molecular formula is C16H23F3N2. The zero-order valence-electron chi connectivity index (χ0n) is 12.5. The predicted molar refractivity (Wildman–Crippen MR) is 78.1 cm³/mol. The van der Waals surface area contributed by atoms with Crippen LogP contribution in [0, 0.1) is 0 Å². The lowest BCUT2D eigenvalue weighted by Crippen LogP contribution is -2.46. The monoisotopic (exact) mass is 300 g/mol. The maximum absolute atomic E-state index is 12.7. The van der Waals surface area contributed by atoms with Crippen LogP contribution in [-0.2, 0) is 12.7 Å².